The van der Waals surface area contributed by atoms with Crippen molar-refractivity contribution < 1.29 is 27.0 Å². The fourth-order valence-electron chi connectivity index (χ4n) is 10.5. The molecule has 2 heterocycles. The standard InChI is InChI=1S/C64H88N10O8S2/c1-11-19-24-47(15-5)41-71(42-48(16-6)25-20-12-2)83(79,80)55-34-30-51(31-35-55)67-69-59-45(9)57(39-65)61(75)73(63(59)77)53-28-23-29-54(38-53)74-62(76)58(40-66)46(10)60(64(74)78)70-68-52-32-36-56(37-33-52)84(81,82)72(43-49(17-7)26-21-13-3)44-50(18-8)27-22-14-4/h23,28-38,47-50,77-78H,11-22,24-27,41-44H2,1-10H3. The van der Waals surface area contributed by atoms with Crippen molar-refractivity contribution in [2.45, 2.75) is 182 Å². The second-order valence-corrected chi connectivity index (χ2v) is 25.9. The van der Waals surface area contributed by atoms with Crippen molar-refractivity contribution in [3.8, 4) is 35.3 Å². The number of benzene rings is 3. The van der Waals surface area contributed by atoms with Crippen LogP contribution in [-0.4, -0.2) is 71.0 Å². The average Bonchev–Trinajstić information content (AvgIpc) is 1.49. The quantitative estimate of drug-likeness (QED) is 0.0368. The summed E-state index contributed by atoms with van der Waals surface area (Å²) in [7, 11) is -7.83. The number of aromatic nitrogens is 2. The molecule has 4 unspecified atom stereocenters. The molecule has 0 radical (unpaired) electrons. The lowest BCUT2D eigenvalue weighted by Crippen LogP contribution is -2.39. The summed E-state index contributed by atoms with van der Waals surface area (Å²) in [4.78, 5) is 28.3. The highest BCUT2D eigenvalue weighted by Crippen LogP contribution is 2.38. The molecule has 84 heavy (non-hydrogen) atoms. The van der Waals surface area contributed by atoms with Crippen LogP contribution in [0, 0.1) is 60.2 Å². The van der Waals surface area contributed by atoms with Crippen molar-refractivity contribution in [1.82, 2.24) is 17.7 Å². The molecule has 5 aromatic rings. The number of hydrogen-bond acceptors (Lipinski definition) is 14. The highest BCUT2D eigenvalue weighted by atomic mass is 32.2. The molecule has 0 fully saturated rings. The Labute approximate surface area is 498 Å². The normalized spacial score (nSPS) is 13.6. The second kappa shape index (κ2) is 32.4. The molecule has 20 heteroatoms. The summed E-state index contributed by atoms with van der Waals surface area (Å²) >= 11 is 0. The van der Waals surface area contributed by atoms with Crippen LogP contribution in [0.25, 0.3) is 11.4 Å². The molecule has 0 saturated heterocycles. The molecule has 0 aliphatic rings. The SMILES string of the molecule is CCCCC(CC)CN(CC(CC)CCCC)S(=O)(=O)c1ccc(N=Nc2c(C)c(C#N)c(=O)n(-c3cccc(-n4c(O)c(N=Nc5ccc(S(=O)(=O)N(CC(CC)CCCC)CC(CC)CCCC)cc5)c(C)c(C#N)c4=O)c3)c2O)cc1. The van der Waals surface area contributed by atoms with Crippen molar-refractivity contribution in [3.63, 3.8) is 0 Å². The van der Waals surface area contributed by atoms with Crippen molar-refractivity contribution in [3.05, 3.63) is 116 Å². The van der Waals surface area contributed by atoms with E-state index in [0.29, 0.717) is 26.2 Å². The number of unbranched alkanes of at least 4 members (excludes halogenated alkanes) is 4. The molecule has 0 aliphatic carbocycles. The molecule has 0 spiro atoms. The third kappa shape index (κ3) is 16.7. The molecule has 4 atom stereocenters. The Balaban J connectivity index is 1.50. The molecular weight excluding hydrogens is 1100 g/mol. The molecule has 454 valence electrons. The van der Waals surface area contributed by atoms with Crippen LogP contribution in [0.3, 0.4) is 0 Å². The maximum atomic E-state index is 14.4. The summed E-state index contributed by atoms with van der Waals surface area (Å²) in [6.45, 7) is 21.4. The minimum Gasteiger partial charge on any atom is -0.493 e. The molecule has 0 bridgehead atoms. The molecule has 0 saturated carbocycles. The summed E-state index contributed by atoms with van der Waals surface area (Å²) in [6, 6.07) is 21.2. The van der Waals surface area contributed by atoms with E-state index in [1.165, 1.54) is 86.6 Å². The molecule has 0 amide bonds. The van der Waals surface area contributed by atoms with Crippen LogP contribution in [0.4, 0.5) is 22.7 Å². The molecule has 0 aliphatic heterocycles. The van der Waals surface area contributed by atoms with E-state index in [2.05, 4.69) is 75.8 Å². The number of pyridine rings is 2. The van der Waals surface area contributed by atoms with Crippen LogP contribution in [0.1, 0.15) is 180 Å². The Morgan fingerprint density at radius 1 is 0.488 bits per heavy atom. The van der Waals surface area contributed by atoms with Gasteiger partial charge < -0.3 is 10.2 Å². The number of azo groups is 2. The second-order valence-electron chi connectivity index (χ2n) is 22.1. The molecule has 3 aromatic carbocycles. The van der Waals surface area contributed by atoms with Gasteiger partial charge in [0.15, 0.2) is 11.4 Å². The van der Waals surface area contributed by atoms with Gasteiger partial charge in [0.05, 0.1) is 32.5 Å². The Kier molecular flexibility index (Phi) is 26.2. The lowest BCUT2D eigenvalue weighted by Gasteiger charge is -2.30. The monoisotopic (exact) mass is 1190 g/mol. The van der Waals surface area contributed by atoms with E-state index < -0.39 is 42.9 Å². The predicted molar refractivity (Wildman–Crippen MR) is 332 cm³/mol. The first-order chi connectivity index (χ1) is 40.2. The summed E-state index contributed by atoms with van der Waals surface area (Å²) < 4.78 is 62.4. The van der Waals surface area contributed by atoms with Crippen molar-refractivity contribution in [1.29, 1.82) is 10.5 Å². The molecule has 2 aromatic heterocycles. The fourth-order valence-corrected chi connectivity index (χ4v) is 13.7. The van der Waals surface area contributed by atoms with Gasteiger partial charge in [0.1, 0.15) is 23.3 Å². The van der Waals surface area contributed by atoms with E-state index in [4.69, 9.17) is 0 Å². The van der Waals surface area contributed by atoms with Crippen LogP contribution >= 0.6 is 0 Å². The van der Waals surface area contributed by atoms with Crippen LogP contribution in [-0.2, 0) is 20.0 Å². The van der Waals surface area contributed by atoms with E-state index in [1.54, 1.807) is 8.61 Å². The minimum atomic E-state index is -3.91. The maximum absolute atomic E-state index is 14.4. The summed E-state index contributed by atoms with van der Waals surface area (Å²) in [6.07, 6.45) is 15.3. The van der Waals surface area contributed by atoms with Gasteiger partial charge in [0.25, 0.3) is 11.1 Å². The zero-order chi connectivity index (χ0) is 61.7. The highest BCUT2D eigenvalue weighted by Gasteiger charge is 2.31. The van der Waals surface area contributed by atoms with Gasteiger partial charge in [-0.3, -0.25) is 9.59 Å². The molecular formula is C64H88N10O8S2. The maximum Gasteiger partial charge on any atom is 0.276 e. The van der Waals surface area contributed by atoms with Crippen molar-refractivity contribution in [2.24, 2.45) is 44.1 Å². The number of hydrogen-bond donors (Lipinski definition) is 2. The number of nitriles is 2. The Morgan fingerprint density at radius 2 is 0.786 bits per heavy atom. The van der Waals surface area contributed by atoms with Gasteiger partial charge >= 0.3 is 0 Å². The van der Waals surface area contributed by atoms with Crippen molar-refractivity contribution >= 4 is 42.8 Å². The van der Waals surface area contributed by atoms with Crippen LogP contribution < -0.4 is 11.1 Å². The summed E-state index contributed by atoms with van der Waals surface area (Å²) in [5.41, 5.74) is -2.79. The zero-order valence-electron chi connectivity index (χ0n) is 51.0. The van der Waals surface area contributed by atoms with Gasteiger partial charge in [0.2, 0.25) is 31.8 Å². The number of nitrogens with zero attached hydrogens (tertiary/aromatic N) is 10. The third-order valence-corrected chi connectivity index (χ3v) is 19.9. The van der Waals surface area contributed by atoms with Crippen LogP contribution in [0.2, 0.25) is 0 Å². The smallest absolute Gasteiger partial charge is 0.276 e. The van der Waals surface area contributed by atoms with Gasteiger partial charge in [-0.05, 0) is 130 Å². The van der Waals surface area contributed by atoms with E-state index in [0.717, 1.165) is 112 Å². The van der Waals surface area contributed by atoms with E-state index >= 15 is 0 Å². The number of sulfonamides is 2. The largest absolute Gasteiger partial charge is 0.493 e. The van der Waals surface area contributed by atoms with Gasteiger partial charge in [-0.25, -0.2) is 26.0 Å². The first kappa shape index (κ1) is 67.9. The lowest BCUT2D eigenvalue weighted by atomic mass is 9.97. The first-order valence-corrected chi connectivity index (χ1v) is 33.0. The number of rotatable bonds is 34. The van der Waals surface area contributed by atoms with Crippen LogP contribution in [0.15, 0.2) is 113 Å². The molecule has 5 rings (SSSR count). The van der Waals surface area contributed by atoms with Crippen molar-refractivity contribution in [2.75, 3.05) is 26.2 Å². The van der Waals surface area contributed by atoms with Gasteiger partial charge in [0, 0.05) is 37.3 Å². The predicted octanol–water partition coefficient (Wildman–Crippen LogP) is 15.4. The van der Waals surface area contributed by atoms with Gasteiger partial charge in [-0.1, -0.05) is 139 Å². The topological polar surface area (TPSA) is 256 Å². The van der Waals surface area contributed by atoms with Crippen LogP contribution in [0.5, 0.6) is 11.8 Å². The minimum absolute atomic E-state index is 0.0123. The third-order valence-electron chi connectivity index (χ3n) is 16.2. The number of aromatic hydroxyl groups is 2. The molecule has 18 nitrogen and oxygen atoms in total. The van der Waals surface area contributed by atoms with E-state index in [1.807, 2.05) is 12.1 Å². The average molecular weight is 1190 g/mol. The Bertz CT molecular complexity index is 3230. The Hall–Kier alpha value is -6.84. The van der Waals surface area contributed by atoms with Gasteiger partial charge in [-0.2, -0.15) is 29.4 Å². The van der Waals surface area contributed by atoms with E-state index in [9.17, 15) is 47.2 Å². The Morgan fingerprint density at radius 3 is 1.05 bits per heavy atom. The lowest BCUT2D eigenvalue weighted by molar-refractivity contribution is 0.270. The van der Waals surface area contributed by atoms with Gasteiger partial charge in [-0.15, -0.1) is 10.2 Å². The zero-order valence-corrected chi connectivity index (χ0v) is 52.6. The fraction of sp³-hybridized carbons (Fsp3) is 0.531. The summed E-state index contributed by atoms with van der Waals surface area (Å²) in [5, 5.41) is 61.4. The summed E-state index contributed by atoms with van der Waals surface area (Å²) in [5.74, 6) is -0.589. The highest BCUT2D eigenvalue weighted by molar-refractivity contribution is 7.89. The molecule has 2 N–H and O–H groups in total. The first-order valence-electron chi connectivity index (χ1n) is 30.2. The van der Waals surface area contributed by atoms with E-state index in [-0.39, 0.29) is 89.8 Å².